The Morgan fingerprint density at radius 3 is 2.30 bits per heavy atom. The van der Waals surface area contributed by atoms with Gasteiger partial charge >= 0.3 is 0 Å². The normalized spacial score (nSPS) is 16.3. The molecule has 4 nitrogen and oxygen atoms in total. The van der Waals surface area contributed by atoms with Crippen molar-refractivity contribution in [3.63, 3.8) is 0 Å². The Morgan fingerprint density at radius 2 is 1.56 bits per heavy atom. The van der Waals surface area contributed by atoms with Gasteiger partial charge in [0.05, 0.1) is 25.0 Å². The van der Waals surface area contributed by atoms with Gasteiger partial charge in [-0.3, -0.25) is 9.79 Å². The van der Waals surface area contributed by atoms with Crippen LogP contribution >= 0.6 is 0 Å². The van der Waals surface area contributed by atoms with E-state index in [-0.39, 0.29) is 18.5 Å². The molecule has 134 valence electrons. The maximum atomic E-state index is 12.8. The summed E-state index contributed by atoms with van der Waals surface area (Å²) < 4.78 is 0. The highest BCUT2D eigenvalue weighted by Gasteiger charge is 2.26. The van der Waals surface area contributed by atoms with Crippen molar-refractivity contribution in [1.82, 2.24) is 0 Å². The van der Waals surface area contributed by atoms with Crippen LogP contribution in [0, 0.1) is 0 Å². The Balaban J connectivity index is 1.72. The van der Waals surface area contributed by atoms with Crippen LogP contribution in [0.5, 0.6) is 0 Å². The lowest BCUT2D eigenvalue weighted by atomic mass is 10.00. The number of benzene rings is 3. The summed E-state index contributed by atoms with van der Waals surface area (Å²) >= 11 is 0. The Hall–Kier alpha value is -3.24. The first kappa shape index (κ1) is 17.2. The molecule has 4 rings (SSSR count). The summed E-state index contributed by atoms with van der Waals surface area (Å²) in [5, 5.41) is 0. The first-order chi connectivity index (χ1) is 13.2. The van der Waals surface area contributed by atoms with Crippen molar-refractivity contribution >= 4 is 17.2 Å². The second-order valence-corrected chi connectivity index (χ2v) is 6.56. The molecule has 1 aliphatic rings. The fourth-order valence-corrected chi connectivity index (χ4v) is 3.39. The standard InChI is InChI=1S/C23H21N3O/c24-22-15-25-23(18-11-5-2-6-12-18)19-13-7-8-14-20(19)26(22)16-21(27)17-9-3-1-4-10-17/h1-14,22H,15-16,24H2. The molecular weight excluding hydrogens is 334 g/mol. The van der Waals surface area contributed by atoms with Crippen LogP contribution in [-0.2, 0) is 0 Å². The summed E-state index contributed by atoms with van der Waals surface area (Å²) in [5.41, 5.74) is 11.0. The van der Waals surface area contributed by atoms with Gasteiger partial charge < -0.3 is 10.6 Å². The number of nitrogens with zero attached hydrogens (tertiary/aromatic N) is 2. The zero-order valence-corrected chi connectivity index (χ0v) is 15.0. The largest absolute Gasteiger partial charge is 0.346 e. The van der Waals surface area contributed by atoms with E-state index < -0.39 is 0 Å². The average molecular weight is 355 g/mol. The summed E-state index contributed by atoms with van der Waals surface area (Å²) in [5.74, 6) is 0.0454. The van der Waals surface area contributed by atoms with Crippen molar-refractivity contribution in [1.29, 1.82) is 0 Å². The molecule has 1 atom stereocenters. The highest BCUT2D eigenvalue weighted by atomic mass is 16.1. The minimum absolute atomic E-state index is 0.0454. The van der Waals surface area contributed by atoms with Crippen molar-refractivity contribution in [3.8, 4) is 0 Å². The molecule has 0 saturated carbocycles. The van der Waals surface area contributed by atoms with Crippen molar-refractivity contribution < 1.29 is 4.79 Å². The van der Waals surface area contributed by atoms with Crippen LogP contribution < -0.4 is 10.6 Å². The number of carbonyl (C=O) groups is 1. The number of para-hydroxylation sites is 1. The molecule has 0 amide bonds. The molecule has 3 aromatic rings. The Morgan fingerprint density at radius 1 is 0.926 bits per heavy atom. The Bertz CT molecular complexity index is 967. The number of anilines is 1. The predicted molar refractivity (Wildman–Crippen MR) is 109 cm³/mol. The summed E-state index contributed by atoms with van der Waals surface area (Å²) in [7, 11) is 0. The Kier molecular flexibility index (Phi) is 4.81. The van der Waals surface area contributed by atoms with E-state index in [2.05, 4.69) is 0 Å². The summed E-state index contributed by atoms with van der Waals surface area (Å²) in [6, 6.07) is 27.4. The van der Waals surface area contributed by atoms with Crippen LogP contribution in [0.25, 0.3) is 0 Å². The third-order valence-corrected chi connectivity index (χ3v) is 4.76. The van der Waals surface area contributed by atoms with Gasteiger partial charge in [-0.15, -0.1) is 0 Å². The molecule has 27 heavy (non-hydrogen) atoms. The van der Waals surface area contributed by atoms with Gasteiger partial charge in [-0.1, -0.05) is 78.9 Å². The molecular formula is C23H21N3O. The molecule has 1 unspecified atom stereocenters. The highest BCUT2D eigenvalue weighted by Crippen LogP contribution is 2.27. The van der Waals surface area contributed by atoms with Gasteiger partial charge in [-0.2, -0.15) is 0 Å². The van der Waals surface area contributed by atoms with E-state index >= 15 is 0 Å². The van der Waals surface area contributed by atoms with Gasteiger partial charge in [0.15, 0.2) is 5.78 Å². The van der Waals surface area contributed by atoms with Crippen molar-refractivity contribution in [3.05, 3.63) is 102 Å². The van der Waals surface area contributed by atoms with Crippen LogP contribution in [0.2, 0.25) is 0 Å². The number of rotatable bonds is 4. The summed E-state index contributed by atoms with van der Waals surface area (Å²) in [4.78, 5) is 19.5. The average Bonchev–Trinajstić information content (AvgIpc) is 2.86. The molecule has 0 saturated heterocycles. The maximum absolute atomic E-state index is 12.8. The van der Waals surface area contributed by atoms with Crippen LogP contribution in [-0.4, -0.2) is 30.8 Å². The molecule has 0 aromatic heterocycles. The van der Waals surface area contributed by atoms with Gasteiger partial charge in [0.2, 0.25) is 0 Å². The lowest BCUT2D eigenvalue weighted by Gasteiger charge is -2.29. The smallest absolute Gasteiger partial charge is 0.182 e. The van der Waals surface area contributed by atoms with Crippen LogP contribution in [0.15, 0.2) is 89.9 Å². The monoisotopic (exact) mass is 355 g/mol. The first-order valence-corrected chi connectivity index (χ1v) is 9.04. The zero-order valence-electron chi connectivity index (χ0n) is 15.0. The lowest BCUT2D eigenvalue weighted by Crippen LogP contribution is -2.46. The third kappa shape index (κ3) is 3.52. The second kappa shape index (κ2) is 7.56. The fourth-order valence-electron chi connectivity index (χ4n) is 3.39. The molecule has 2 N–H and O–H groups in total. The number of Topliss-reactive ketones (excluding diaryl/α,β-unsaturated/α-hetero) is 1. The molecule has 1 heterocycles. The number of nitrogens with two attached hydrogens (primary N) is 1. The van der Waals surface area contributed by atoms with Crippen molar-refractivity contribution in [2.24, 2.45) is 10.7 Å². The third-order valence-electron chi connectivity index (χ3n) is 4.76. The van der Waals surface area contributed by atoms with Crippen LogP contribution in [0.3, 0.4) is 0 Å². The highest BCUT2D eigenvalue weighted by molar-refractivity contribution is 6.16. The minimum Gasteiger partial charge on any atom is -0.346 e. The van der Waals surface area contributed by atoms with E-state index in [9.17, 15) is 4.79 Å². The summed E-state index contributed by atoms with van der Waals surface area (Å²) in [6.45, 7) is 0.654. The number of ketones is 1. The van der Waals surface area contributed by atoms with E-state index in [1.165, 1.54) is 0 Å². The lowest BCUT2D eigenvalue weighted by molar-refractivity contribution is 0.0997. The number of benzodiazepines with no additional fused rings is 1. The molecule has 0 spiro atoms. The summed E-state index contributed by atoms with van der Waals surface area (Å²) in [6.07, 6.45) is -0.361. The fraction of sp³-hybridized carbons (Fsp3) is 0.130. The van der Waals surface area contributed by atoms with E-state index in [1.54, 1.807) is 0 Å². The number of fused-ring (bicyclic) bond motifs is 1. The van der Waals surface area contributed by atoms with E-state index in [0.29, 0.717) is 12.1 Å². The second-order valence-electron chi connectivity index (χ2n) is 6.56. The van der Waals surface area contributed by atoms with Gasteiger partial charge in [-0.25, -0.2) is 0 Å². The quantitative estimate of drug-likeness (QED) is 0.729. The molecule has 3 aromatic carbocycles. The molecule has 0 bridgehead atoms. The van der Waals surface area contributed by atoms with Gasteiger partial charge in [0, 0.05) is 22.4 Å². The van der Waals surface area contributed by atoms with Crippen molar-refractivity contribution in [2.45, 2.75) is 6.17 Å². The maximum Gasteiger partial charge on any atom is 0.182 e. The molecule has 0 fully saturated rings. The van der Waals surface area contributed by atoms with Gasteiger partial charge in [0.1, 0.15) is 0 Å². The SMILES string of the molecule is NC1CN=C(c2ccccc2)c2ccccc2N1CC(=O)c1ccccc1. The first-order valence-electron chi connectivity index (χ1n) is 9.04. The number of aliphatic imine (C=N–C) groups is 1. The van der Waals surface area contributed by atoms with Crippen molar-refractivity contribution in [2.75, 3.05) is 18.0 Å². The molecule has 1 aliphatic heterocycles. The van der Waals surface area contributed by atoms with E-state index in [1.807, 2.05) is 89.8 Å². The van der Waals surface area contributed by atoms with Gasteiger partial charge in [0.25, 0.3) is 0 Å². The molecule has 4 heteroatoms. The van der Waals surface area contributed by atoms with Crippen LogP contribution in [0.4, 0.5) is 5.69 Å². The predicted octanol–water partition coefficient (Wildman–Crippen LogP) is 3.51. The van der Waals surface area contributed by atoms with Gasteiger partial charge in [-0.05, 0) is 6.07 Å². The zero-order chi connectivity index (χ0) is 18.6. The topological polar surface area (TPSA) is 58.7 Å². The number of hydrogen-bond donors (Lipinski definition) is 1. The number of hydrogen-bond acceptors (Lipinski definition) is 4. The van der Waals surface area contributed by atoms with E-state index in [4.69, 9.17) is 10.7 Å². The number of carbonyl (C=O) groups excluding carboxylic acids is 1. The van der Waals surface area contributed by atoms with E-state index in [0.717, 1.165) is 22.5 Å². The molecule has 0 aliphatic carbocycles. The van der Waals surface area contributed by atoms with Crippen LogP contribution in [0.1, 0.15) is 21.5 Å². The Labute approximate surface area is 159 Å². The minimum atomic E-state index is -0.361. The molecule has 0 radical (unpaired) electrons.